The van der Waals surface area contributed by atoms with Crippen LogP contribution in [0, 0.1) is 5.41 Å². The number of ether oxygens (including phenoxy) is 1. The first kappa shape index (κ1) is 18.9. The summed E-state index contributed by atoms with van der Waals surface area (Å²) in [6.07, 6.45) is 0.00878. The maximum absolute atomic E-state index is 12.0. The van der Waals surface area contributed by atoms with Crippen molar-refractivity contribution in [2.45, 2.75) is 53.6 Å². The summed E-state index contributed by atoms with van der Waals surface area (Å²) in [6, 6.07) is 0. The minimum atomic E-state index is -0.483. The summed E-state index contributed by atoms with van der Waals surface area (Å²) < 4.78 is 5.36. The third-order valence-corrected chi connectivity index (χ3v) is 3.83. The molecule has 22 heavy (non-hydrogen) atoms. The van der Waals surface area contributed by atoms with Crippen molar-refractivity contribution in [1.82, 2.24) is 9.80 Å². The van der Waals surface area contributed by atoms with Crippen LogP contribution in [0.2, 0.25) is 0 Å². The van der Waals surface area contributed by atoms with Crippen LogP contribution < -0.4 is 0 Å². The van der Waals surface area contributed by atoms with Crippen molar-refractivity contribution in [2.75, 3.05) is 26.2 Å². The zero-order valence-corrected chi connectivity index (χ0v) is 15.4. The maximum atomic E-state index is 12.0. The molecular formula is C16H28N2O3S. The van der Waals surface area contributed by atoms with Gasteiger partial charge in [0.05, 0.1) is 11.4 Å². The molecular weight excluding hydrogens is 300 g/mol. The molecule has 5 nitrogen and oxygen atoms in total. The SMILES string of the molecule is CC(C)(C)OC(=O)N1CCN(C(=S)CC(=O)C(C)(C)C)CC1. The van der Waals surface area contributed by atoms with Crippen LogP contribution in [0.5, 0.6) is 0 Å². The van der Waals surface area contributed by atoms with Crippen molar-refractivity contribution < 1.29 is 14.3 Å². The van der Waals surface area contributed by atoms with Crippen LogP contribution in [-0.2, 0) is 9.53 Å². The van der Waals surface area contributed by atoms with Crippen LogP contribution in [0.15, 0.2) is 0 Å². The molecule has 0 aromatic carbocycles. The third kappa shape index (κ3) is 5.91. The lowest BCUT2D eigenvalue weighted by Gasteiger charge is -2.37. The quantitative estimate of drug-likeness (QED) is 0.730. The van der Waals surface area contributed by atoms with Gasteiger partial charge in [-0.2, -0.15) is 0 Å². The van der Waals surface area contributed by atoms with Gasteiger partial charge in [-0.25, -0.2) is 4.79 Å². The third-order valence-electron chi connectivity index (χ3n) is 3.43. The first-order valence-corrected chi connectivity index (χ1v) is 8.10. The minimum absolute atomic E-state index is 0.145. The van der Waals surface area contributed by atoms with Crippen molar-refractivity contribution in [3.63, 3.8) is 0 Å². The van der Waals surface area contributed by atoms with E-state index in [1.165, 1.54) is 0 Å². The molecule has 126 valence electrons. The predicted molar refractivity (Wildman–Crippen MR) is 91.1 cm³/mol. The van der Waals surface area contributed by atoms with E-state index in [0.717, 1.165) is 0 Å². The Bertz CT molecular complexity index is 441. The first-order chi connectivity index (χ1) is 9.90. The summed E-state index contributed by atoms with van der Waals surface area (Å²) in [7, 11) is 0. The molecule has 0 aromatic heterocycles. The zero-order valence-electron chi connectivity index (χ0n) is 14.6. The molecule has 1 amide bonds. The van der Waals surface area contributed by atoms with Gasteiger partial charge in [0.25, 0.3) is 0 Å². The van der Waals surface area contributed by atoms with Gasteiger partial charge in [-0.3, -0.25) is 4.79 Å². The van der Waals surface area contributed by atoms with Crippen molar-refractivity contribution in [1.29, 1.82) is 0 Å². The number of rotatable bonds is 2. The number of nitrogens with zero attached hydrogens (tertiary/aromatic N) is 2. The molecule has 1 fully saturated rings. The standard InChI is InChI=1S/C16H28N2O3S/c1-15(2,3)12(19)11-13(22)17-7-9-18(10-8-17)14(20)21-16(4,5)6/h7-11H2,1-6H3. The maximum Gasteiger partial charge on any atom is 0.410 e. The van der Waals surface area contributed by atoms with E-state index in [1.807, 2.05) is 46.4 Å². The molecule has 0 radical (unpaired) electrons. The smallest absolute Gasteiger partial charge is 0.410 e. The van der Waals surface area contributed by atoms with Crippen molar-refractivity contribution in [3.8, 4) is 0 Å². The Labute approximate surface area is 139 Å². The molecule has 0 atom stereocenters. The van der Waals surface area contributed by atoms with E-state index in [-0.39, 0.29) is 17.3 Å². The van der Waals surface area contributed by atoms with Crippen LogP contribution >= 0.6 is 12.2 Å². The van der Waals surface area contributed by atoms with Gasteiger partial charge in [0.1, 0.15) is 11.4 Å². The highest BCUT2D eigenvalue weighted by molar-refractivity contribution is 7.80. The van der Waals surface area contributed by atoms with E-state index in [2.05, 4.69) is 0 Å². The summed E-state index contributed by atoms with van der Waals surface area (Å²) >= 11 is 5.38. The van der Waals surface area contributed by atoms with E-state index >= 15 is 0 Å². The molecule has 0 aliphatic carbocycles. The molecule has 6 heteroatoms. The number of carbonyl (C=O) groups is 2. The summed E-state index contributed by atoms with van der Waals surface area (Å²) in [5.74, 6) is 0.145. The molecule has 0 aromatic rings. The monoisotopic (exact) mass is 328 g/mol. The minimum Gasteiger partial charge on any atom is -0.444 e. The highest BCUT2D eigenvalue weighted by Gasteiger charge is 2.28. The van der Waals surface area contributed by atoms with Gasteiger partial charge in [0.15, 0.2) is 0 Å². The van der Waals surface area contributed by atoms with Gasteiger partial charge in [0.2, 0.25) is 0 Å². The predicted octanol–water partition coefficient (Wildman–Crippen LogP) is 2.87. The number of amides is 1. The first-order valence-electron chi connectivity index (χ1n) is 7.69. The Balaban J connectivity index is 2.47. The Morgan fingerprint density at radius 3 is 1.82 bits per heavy atom. The fourth-order valence-corrected chi connectivity index (χ4v) is 2.29. The fourth-order valence-electron chi connectivity index (χ4n) is 1.98. The molecule has 1 aliphatic rings. The van der Waals surface area contributed by atoms with E-state index in [0.29, 0.717) is 37.6 Å². The number of thiocarbonyl (C=S) groups is 1. The van der Waals surface area contributed by atoms with Gasteiger partial charge in [-0.05, 0) is 20.8 Å². The summed E-state index contributed by atoms with van der Waals surface area (Å²) in [5, 5.41) is 0. The molecule has 0 bridgehead atoms. The van der Waals surface area contributed by atoms with Gasteiger partial charge in [-0.15, -0.1) is 0 Å². The fraction of sp³-hybridized carbons (Fsp3) is 0.812. The average Bonchev–Trinajstić information content (AvgIpc) is 2.35. The highest BCUT2D eigenvalue weighted by atomic mass is 32.1. The van der Waals surface area contributed by atoms with Crippen LogP contribution in [0.25, 0.3) is 0 Å². The van der Waals surface area contributed by atoms with E-state index in [1.54, 1.807) is 4.90 Å². The van der Waals surface area contributed by atoms with Gasteiger partial charge < -0.3 is 14.5 Å². The van der Waals surface area contributed by atoms with Gasteiger partial charge in [0, 0.05) is 31.6 Å². The van der Waals surface area contributed by atoms with Crippen LogP contribution in [-0.4, -0.2) is 58.4 Å². The Morgan fingerprint density at radius 1 is 0.955 bits per heavy atom. The lowest BCUT2D eigenvalue weighted by molar-refractivity contribution is -0.125. The second-order valence-corrected chi connectivity index (χ2v) is 8.17. The van der Waals surface area contributed by atoms with Gasteiger partial charge in [-0.1, -0.05) is 33.0 Å². The lowest BCUT2D eigenvalue weighted by Crippen LogP contribution is -2.51. The van der Waals surface area contributed by atoms with Crippen molar-refractivity contribution in [3.05, 3.63) is 0 Å². The number of Topliss-reactive ketones (excluding diaryl/α,β-unsaturated/α-hetero) is 1. The molecule has 1 saturated heterocycles. The number of piperazine rings is 1. The molecule has 0 spiro atoms. The summed E-state index contributed by atoms with van der Waals surface area (Å²) in [5.41, 5.74) is -0.856. The van der Waals surface area contributed by atoms with Crippen LogP contribution in [0.3, 0.4) is 0 Å². The summed E-state index contributed by atoms with van der Waals surface area (Å²) in [6.45, 7) is 13.7. The van der Waals surface area contributed by atoms with Gasteiger partial charge >= 0.3 is 6.09 Å². The molecule has 1 rings (SSSR count). The average molecular weight is 328 g/mol. The molecule has 1 aliphatic heterocycles. The molecule has 0 unspecified atom stereocenters. The van der Waals surface area contributed by atoms with E-state index < -0.39 is 5.60 Å². The Morgan fingerprint density at radius 2 is 1.41 bits per heavy atom. The van der Waals surface area contributed by atoms with Crippen LogP contribution in [0.1, 0.15) is 48.0 Å². The molecule has 0 N–H and O–H groups in total. The summed E-state index contributed by atoms with van der Waals surface area (Å²) in [4.78, 5) is 28.4. The molecule has 1 heterocycles. The number of ketones is 1. The second kappa shape index (κ2) is 6.94. The van der Waals surface area contributed by atoms with Crippen molar-refractivity contribution in [2.24, 2.45) is 5.41 Å². The van der Waals surface area contributed by atoms with Crippen molar-refractivity contribution >= 4 is 29.1 Å². The number of hydrogen-bond acceptors (Lipinski definition) is 4. The van der Waals surface area contributed by atoms with E-state index in [9.17, 15) is 9.59 Å². The Kier molecular flexibility index (Phi) is 5.96. The molecule has 0 saturated carbocycles. The normalized spacial score (nSPS) is 16.5. The lowest BCUT2D eigenvalue weighted by atomic mass is 9.89. The van der Waals surface area contributed by atoms with E-state index in [4.69, 9.17) is 17.0 Å². The zero-order chi connectivity index (χ0) is 17.1. The number of carbonyl (C=O) groups excluding carboxylic acids is 2. The highest BCUT2D eigenvalue weighted by Crippen LogP contribution is 2.19. The Hall–Kier alpha value is -1.17. The topological polar surface area (TPSA) is 49.9 Å². The number of hydrogen-bond donors (Lipinski definition) is 0. The van der Waals surface area contributed by atoms with Crippen LogP contribution in [0.4, 0.5) is 4.79 Å². The second-order valence-electron chi connectivity index (χ2n) is 7.70. The largest absolute Gasteiger partial charge is 0.444 e.